The third kappa shape index (κ3) is 3.04. The van der Waals surface area contributed by atoms with E-state index in [9.17, 15) is 5.11 Å². The van der Waals surface area contributed by atoms with Crippen molar-refractivity contribution in [2.75, 3.05) is 0 Å². The number of benzene rings is 1. The van der Waals surface area contributed by atoms with Crippen LogP contribution in [-0.4, -0.2) is 16.2 Å². The van der Waals surface area contributed by atoms with E-state index < -0.39 is 0 Å². The number of aliphatic hydroxyl groups is 1. The van der Waals surface area contributed by atoms with Gasteiger partial charge >= 0.3 is 0 Å². The van der Waals surface area contributed by atoms with Crippen molar-refractivity contribution in [3.05, 3.63) is 51.0 Å². The Labute approximate surface area is 118 Å². The van der Waals surface area contributed by atoms with E-state index in [1.807, 2.05) is 12.3 Å². The maximum Gasteiger partial charge on any atom is 0.0897 e. The maximum absolute atomic E-state index is 10.2. The summed E-state index contributed by atoms with van der Waals surface area (Å²) in [5.74, 6) is 0. The smallest absolute Gasteiger partial charge is 0.0897 e. The average Bonchev–Trinajstić information content (AvgIpc) is 2.97. The van der Waals surface area contributed by atoms with Gasteiger partial charge in [-0.15, -0.1) is 11.3 Å². The summed E-state index contributed by atoms with van der Waals surface area (Å²) in [5.41, 5.74) is 5.24. The van der Waals surface area contributed by atoms with Crippen molar-refractivity contribution >= 4 is 11.3 Å². The molecule has 1 aromatic heterocycles. The zero-order chi connectivity index (χ0) is 13.2. The van der Waals surface area contributed by atoms with Crippen LogP contribution in [0.25, 0.3) is 0 Å². The summed E-state index contributed by atoms with van der Waals surface area (Å²) >= 11 is 1.65. The number of rotatable bonds is 4. The first-order valence-electron chi connectivity index (χ1n) is 6.90. The van der Waals surface area contributed by atoms with Crippen molar-refractivity contribution in [3.8, 4) is 0 Å². The first-order chi connectivity index (χ1) is 9.20. The van der Waals surface area contributed by atoms with Crippen LogP contribution in [0.2, 0.25) is 0 Å². The number of hydrogen-bond acceptors (Lipinski definition) is 3. The number of fused-ring (bicyclic) bond motifs is 1. The van der Waals surface area contributed by atoms with Crippen LogP contribution in [0.1, 0.15) is 33.8 Å². The minimum Gasteiger partial charge on any atom is -0.392 e. The van der Waals surface area contributed by atoms with Gasteiger partial charge in [-0.1, -0.05) is 18.2 Å². The topological polar surface area (TPSA) is 33.1 Å². The Morgan fingerprint density at radius 1 is 1.26 bits per heavy atom. The Kier molecular flexibility index (Phi) is 3.67. The van der Waals surface area contributed by atoms with Gasteiger partial charge in [-0.05, 0) is 49.3 Å². The van der Waals surface area contributed by atoms with E-state index in [0.717, 1.165) is 17.1 Å². The molecule has 0 amide bonds. The van der Waals surface area contributed by atoms with E-state index in [0.29, 0.717) is 6.42 Å². The van der Waals surface area contributed by atoms with Crippen molar-refractivity contribution < 1.29 is 5.11 Å². The van der Waals surface area contributed by atoms with Crippen molar-refractivity contribution in [2.45, 2.75) is 45.1 Å². The van der Waals surface area contributed by atoms with Crippen LogP contribution < -0.4 is 0 Å². The van der Waals surface area contributed by atoms with Crippen molar-refractivity contribution in [1.29, 1.82) is 0 Å². The molecule has 0 saturated carbocycles. The van der Waals surface area contributed by atoms with Gasteiger partial charge in [-0.25, -0.2) is 4.98 Å². The predicted molar refractivity (Wildman–Crippen MR) is 78.7 cm³/mol. The molecule has 1 heterocycles. The Bertz CT molecular complexity index is 576. The van der Waals surface area contributed by atoms with Gasteiger partial charge in [0.1, 0.15) is 0 Å². The van der Waals surface area contributed by atoms with Crippen molar-refractivity contribution in [2.24, 2.45) is 0 Å². The highest BCUT2D eigenvalue weighted by molar-refractivity contribution is 7.09. The Morgan fingerprint density at radius 3 is 2.89 bits per heavy atom. The van der Waals surface area contributed by atoms with Crippen LogP contribution in [0.15, 0.2) is 23.6 Å². The lowest BCUT2D eigenvalue weighted by molar-refractivity contribution is 0.174. The summed E-state index contributed by atoms with van der Waals surface area (Å²) < 4.78 is 0. The molecule has 19 heavy (non-hydrogen) atoms. The second-order valence-corrected chi connectivity index (χ2v) is 6.44. The maximum atomic E-state index is 10.2. The van der Waals surface area contributed by atoms with E-state index in [4.69, 9.17) is 0 Å². The fraction of sp³-hybridized carbons (Fsp3) is 0.438. The second kappa shape index (κ2) is 5.43. The van der Waals surface area contributed by atoms with E-state index in [1.54, 1.807) is 11.3 Å². The monoisotopic (exact) mass is 273 g/mol. The molecule has 0 spiro atoms. The third-order valence-electron chi connectivity index (χ3n) is 3.75. The van der Waals surface area contributed by atoms with E-state index in [-0.39, 0.29) is 6.10 Å². The van der Waals surface area contributed by atoms with Crippen molar-refractivity contribution in [3.63, 3.8) is 0 Å². The highest BCUT2D eigenvalue weighted by Crippen LogP contribution is 2.23. The molecule has 1 aromatic carbocycles. The van der Waals surface area contributed by atoms with Gasteiger partial charge in [0.15, 0.2) is 0 Å². The van der Waals surface area contributed by atoms with Gasteiger partial charge in [0.2, 0.25) is 0 Å². The minimum atomic E-state index is -0.332. The fourth-order valence-electron chi connectivity index (χ4n) is 2.84. The van der Waals surface area contributed by atoms with Gasteiger partial charge < -0.3 is 5.11 Å². The standard InChI is InChI=1S/C16H19NOS/c1-11-17-15(10-19-11)9-16(18)8-12-5-6-13-3-2-4-14(13)7-12/h5-7,10,16,18H,2-4,8-9H2,1H3. The summed E-state index contributed by atoms with van der Waals surface area (Å²) in [6, 6.07) is 6.68. The summed E-state index contributed by atoms with van der Waals surface area (Å²) in [6.45, 7) is 2.00. The zero-order valence-electron chi connectivity index (χ0n) is 11.2. The normalized spacial score (nSPS) is 15.5. The molecular weight excluding hydrogens is 254 g/mol. The molecule has 3 heteroatoms. The van der Waals surface area contributed by atoms with Gasteiger partial charge in [0.25, 0.3) is 0 Å². The molecule has 100 valence electrons. The number of hydrogen-bond donors (Lipinski definition) is 1. The lowest BCUT2D eigenvalue weighted by atomic mass is 10.0. The van der Waals surface area contributed by atoms with Crippen LogP contribution in [0, 0.1) is 6.92 Å². The number of aliphatic hydroxyl groups excluding tert-OH is 1. The van der Waals surface area contributed by atoms with Crippen LogP contribution in [0.4, 0.5) is 0 Å². The molecule has 1 unspecified atom stereocenters. The van der Waals surface area contributed by atoms with Crippen LogP contribution in [0.3, 0.4) is 0 Å². The summed E-state index contributed by atoms with van der Waals surface area (Å²) in [5, 5.41) is 13.3. The lowest BCUT2D eigenvalue weighted by Gasteiger charge is -2.10. The van der Waals surface area contributed by atoms with Gasteiger partial charge in [0.05, 0.1) is 16.8 Å². The fourth-order valence-corrected chi connectivity index (χ4v) is 3.47. The molecule has 1 atom stereocenters. The summed E-state index contributed by atoms with van der Waals surface area (Å²) in [4.78, 5) is 4.41. The Morgan fingerprint density at radius 2 is 2.11 bits per heavy atom. The molecule has 0 radical (unpaired) electrons. The highest BCUT2D eigenvalue weighted by Gasteiger charge is 2.13. The van der Waals surface area contributed by atoms with Crippen LogP contribution >= 0.6 is 11.3 Å². The molecular formula is C16H19NOS. The second-order valence-electron chi connectivity index (χ2n) is 5.38. The molecule has 0 aliphatic heterocycles. The Balaban J connectivity index is 1.64. The van der Waals surface area contributed by atoms with Gasteiger partial charge in [0, 0.05) is 11.8 Å². The largest absolute Gasteiger partial charge is 0.392 e. The Hall–Kier alpha value is -1.19. The van der Waals surface area contributed by atoms with Gasteiger partial charge in [-0.2, -0.15) is 0 Å². The number of aromatic nitrogens is 1. The van der Waals surface area contributed by atoms with Crippen LogP contribution in [-0.2, 0) is 25.7 Å². The van der Waals surface area contributed by atoms with Crippen molar-refractivity contribution in [1.82, 2.24) is 4.98 Å². The third-order valence-corrected chi connectivity index (χ3v) is 4.57. The molecule has 1 aliphatic carbocycles. The zero-order valence-corrected chi connectivity index (χ0v) is 12.0. The quantitative estimate of drug-likeness (QED) is 0.928. The average molecular weight is 273 g/mol. The first kappa shape index (κ1) is 12.8. The lowest BCUT2D eigenvalue weighted by Crippen LogP contribution is -2.14. The van der Waals surface area contributed by atoms with E-state index >= 15 is 0 Å². The molecule has 0 fully saturated rings. The first-order valence-corrected chi connectivity index (χ1v) is 7.78. The number of nitrogens with zero attached hydrogens (tertiary/aromatic N) is 1. The summed E-state index contributed by atoms with van der Waals surface area (Å²) in [7, 11) is 0. The molecule has 1 N–H and O–H groups in total. The molecule has 0 saturated heterocycles. The van der Waals surface area contributed by atoms with E-state index in [2.05, 4.69) is 23.2 Å². The number of aryl methyl sites for hydroxylation is 3. The SMILES string of the molecule is Cc1nc(CC(O)Cc2ccc3c(c2)CCC3)cs1. The molecule has 2 aromatic rings. The molecule has 3 rings (SSSR count). The highest BCUT2D eigenvalue weighted by atomic mass is 32.1. The minimum absolute atomic E-state index is 0.332. The van der Waals surface area contributed by atoms with E-state index in [1.165, 1.54) is 36.0 Å². The molecule has 0 bridgehead atoms. The summed E-state index contributed by atoms with van der Waals surface area (Å²) in [6.07, 6.45) is 4.74. The molecule has 2 nitrogen and oxygen atoms in total. The van der Waals surface area contributed by atoms with Crippen LogP contribution in [0.5, 0.6) is 0 Å². The molecule has 1 aliphatic rings. The predicted octanol–water partition coefficient (Wildman–Crippen LogP) is 3.09. The van der Waals surface area contributed by atoms with Gasteiger partial charge in [-0.3, -0.25) is 0 Å². The number of thiazole rings is 1.